The Balaban J connectivity index is 2.57. The van der Waals surface area contributed by atoms with Crippen molar-refractivity contribution in [1.29, 1.82) is 0 Å². The number of aliphatic hydroxyl groups excluding tert-OH is 1. The minimum absolute atomic E-state index is 0.155. The Morgan fingerprint density at radius 3 is 3.00 bits per heavy atom. The number of anilines is 1. The van der Waals surface area contributed by atoms with Crippen LogP contribution in [-0.2, 0) is 9.53 Å². The molecule has 6 heteroatoms. The third-order valence-corrected chi connectivity index (χ3v) is 3.01. The fraction of sp³-hybridized carbons (Fsp3) is 0.500. The first kappa shape index (κ1) is 14.6. The Morgan fingerprint density at radius 1 is 1.67 bits per heavy atom. The van der Waals surface area contributed by atoms with Crippen LogP contribution in [0.1, 0.15) is 25.1 Å². The number of nitrogens with one attached hydrogen (secondary N) is 1. The van der Waals surface area contributed by atoms with E-state index in [1.165, 1.54) is 11.3 Å². The molecule has 0 unspecified atom stereocenters. The van der Waals surface area contributed by atoms with E-state index in [4.69, 9.17) is 9.84 Å². The maximum atomic E-state index is 11.7. The molecule has 0 bridgehead atoms. The van der Waals surface area contributed by atoms with Crippen LogP contribution >= 0.6 is 11.3 Å². The molecular formula is C12H16N2O3S. The molecule has 5 nitrogen and oxygen atoms in total. The molecular weight excluding hydrogens is 252 g/mol. The van der Waals surface area contributed by atoms with Crippen molar-refractivity contribution in [3.05, 3.63) is 11.1 Å². The number of carbonyl (C=O) groups is 1. The number of amides is 1. The Morgan fingerprint density at radius 2 is 2.39 bits per heavy atom. The third-order valence-electron chi connectivity index (χ3n) is 2.18. The summed E-state index contributed by atoms with van der Waals surface area (Å²) in [7, 11) is 1.57. The zero-order valence-corrected chi connectivity index (χ0v) is 11.4. The van der Waals surface area contributed by atoms with Crippen LogP contribution < -0.4 is 5.32 Å². The smallest absolute Gasteiger partial charge is 0.229 e. The normalized spacial score (nSPS) is 10.7. The van der Waals surface area contributed by atoms with Gasteiger partial charge < -0.3 is 15.2 Å². The van der Waals surface area contributed by atoms with Crippen LogP contribution in [0.3, 0.4) is 0 Å². The Kier molecular flexibility index (Phi) is 5.28. The van der Waals surface area contributed by atoms with Crippen molar-refractivity contribution in [2.45, 2.75) is 25.9 Å². The molecule has 1 heterocycles. The van der Waals surface area contributed by atoms with Gasteiger partial charge in [0.05, 0.1) is 23.1 Å². The Bertz CT molecular complexity index is 471. The highest BCUT2D eigenvalue weighted by atomic mass is 32.1. The van der Waals surface area contributed by atoms with E-state index in [1.54, 1.807) is 13.3 Å². The summed E-state index contributed by atoms with van der Waals surface area (Å²) in [5.41, 5.74) is -0.499. The van der Waals surface area contributed by atoms with Crippen LogP contribution in [0.15, 0.2) is 6.20 Å². The van der Waals surface area contributed by atoms with Crippen molar-refractivity contribution in [3.8, 4) is 11.8 Å². The van der Waals surface area contributed by atoms with Gasteiger partial charge in [0, 0.05) is 7.11 Å². The van der Waals surface area contributed by atoms with Crippen LogP contribution in [0.5, 0.6) is 0 Å². The van der Waals surface area contributed by atoms with Crippen LogP contribution in [0, 0.1) is 11.8 Å². The van der Waals surface area contributed by atoms with Crippen LogP contribution in [0.25, 0.3) is 0 Å². The predicted molar refractivity (Wildman–Crippen MR) is 70.4 cm³/mol. The molecule has 0 aliphatic carbocycles. The number of hydrogen-bond acceptors (Lipinski definition) is 5. The van der Waals surface area contributed by atoms with Gasteiger partial charge >= 0.3 is 0 Å². The van der Waals surface area contributed by atoms with Gasteiger partial charge in [0.15, 0.2) is 5.13 Å². The highest BCUT2D eigenvalue weighted by Gasteiger charge is 2.21. The quantitative estimate of drug-likeness (QED) is 0.806. The first-order valence-electron chi connectivity index (χ1n) is 5.37. The minimum Gasteiger partial charge on any atom is -0.384 e. The zero-order chi connectivity index (χ0) is 13.6. The predicted octanol–water partition coefficient (Wildman–Crippen LogP) is 1.24. The van der Waals surface area contributed by atoms with Crippen molar-refractivity contribution < 1.29 is 14.6 Å². The van der Waals surface area contributed by atoms with Gasteiger partial charge in [0.2, 0.25) is 5.91 Å². The molecule has 98 valence electrons. The SMILES string of the molecule is COC(C)(C)CC(=O)Nc1ncc(C#CCO)s1. The molecule has 0 aliphatic rings. The van der Waals surface area contributed by atoms with E-state index in [9.17, 15) is 4.79 Å². The van der Waals surface area contributed by atoms with Crippen LogP contribution in [-0.4, -0.2) is 35.3 Å². The van der Waals surface area contributed by atoms with E-state index >= 15 is 0 Å². The first-order chi connectivity index (χ1) is 8.46. The molecule has 0 saturated heterocycles. The lowest BCUT2D eigenvalue weighted by Gasteiger charge is -2.21. The summed E-state index contributed by atoms with van der Waals surface area (Å²) in [4.78, 5) is 16.4. The van der Waals surface area contributed by atoms with Gasteiger partial charge in [-0.1, -0.05) is 23.2 Å². The summed E-state index contributed by atoms with van der Waals surface area (Å²) < 4.78 is 5.18. The van der Waals surface area contributed by atoms with E-state index in [2.05, 4.69) is 22.1 Å². The molecule has 0 spiro atoms. The summed E-state index contributed by atoms with van der Waals surface area (Å²) >= 11 is 1.27. The van der Waals surface area contributed by atoms with Crippen molar-refractivity contribution >= 4 is 22.4 Å². The molecule has 0 aliphatic heterocycles. The molecule has 18 heavy (non-hydrogen) atoms. The van der Waals surface area contributed by atoms with Crippen molar-refractivity contribution in [2.75, 3.05) is 19.0 Å². The van der Waals surface area contributed by atoms with Gasteiger partial charge in [-0.05, 0) is 13.8 Å². The largest absolute Gasteiger partial charge is 0.384 e. The monoisotopic (exact) mass is 268 g/mol. The van der Waals surface area contributed by atoms with Gasteiger partial charge in [-0.2, -0.15) is 0 Å². The van der Waals surface area contributed by atoms with E-state index in [1.807, 2.05) is 13.8 Å². The second-order valence-corrected chi connectivity index (χ2v) is 5.21. The molecule has 0 fully saturated rings. The molecule has 2 N–H and O–H groups in total. The maximum absolute atomic E-state index is 11.7. The standard InChI is InChI=1S/C12H16N2O3S/c1-12(2,17-3)7-10(16)14-11-13-8-9(18-11)5-4-6-15/h8,15H,6-7H2,1-3H3,(H,13,14,16). The van der Waals surface area contributed by atoms with Gasteiger partial charge in [-0.3, -0.25) is 4.79 Å². The number of rotatable bonds is 4. The van der Waals surface area contributed by atoms with Gasteiger partial charge in [0.1, 0.15) is 6.61 Å². The Hall–Kier alpha value is -1.42. The van der Waals surface area contributed by atoms with Crippen LogP contribution in [0.2, 0.25) is 0 Å². The number of nitrogens with zero attached hydrogens (tertiary/aromatic N) is 1. The lowest BCUT2D eigenvalue weighted by Crippen LogP contribution is -2.29. The number of hydrogen-bond donors (Lipinski definition) is 2. The molecule has 1 amide bonds. The van der Waals surface area contributed by atoms with Crippen molar-refractivity contribution in [2.24, 2.45) is 0 Å². The lowest BCUT2D eigenvalue weighted by molar-refractivity contribution is -0.121. The number of ether oxygens (including phenoxy) is 1. The number of methoxy groups -OCH3 is 1. The molecule has 1 rings (SSSR count). The lowest BCUT2D eigenvalue weighted by atomic mass is 10.1. The van der Waals surface area contributed by atoms with Gasteiger partial charge in [-0.15, -0.1) is 0 Å². The van der Waals surface area contributed by atoms with Gasteiger partial charge in [0.25, 0.3) is 0 Å². The molecule has 0 atom stereocenters. The van der Waals surface area contributed by atoms with E-state index in [-0.39, 0.29) is 18.9 Å². The number of aromatic nitrogens is 1. The van der Waals surface area contributed by atoms with E-state index in [0.29, 0.717) is 10.0 Å². The van der Waals surface area contributed by atoms with E-state index < -0.39 is 5.60 Å². The zero-order valence-electron chi connectivity index (χ0n) is 10.6. The van der Waals surface area contributed by atoms with Crippen molar-refractivity contribution in [1.82, 2.24) is 4.98 Å². The summed E-state index contributed by atoms with van der Waals surface area (Å²) in [6.45, 7) is 3.49. The maximum Gasteiger partial charge on any atom is 0.229 e. The molecule has 1 aromatic heterocycles. The Labute approximate surface area is 110 Å². The second-order valence-electron chi connectivity index (χ2n) is 4.18. The molecule has 1 aromatic rings. The molecule has 0 aromatic carbocycles. The summed E-state index contributed by atoms with van der Waals surface area (Å²) in [6.07, 6.45) is 1.81. The number of aliphatic hydroxyl groups is 1. The van der Waals surface area contributed by atoms with Gasteiger partial charge in [-0.25, -0.2) is 4.98 Å². The van der Waals surface area contributed by atoms with Crippen LogP contribution in [0.4, 0.5) is 5.13 Å². The number of thiazole rings is 1. The fourth-order valence-electron chi connectivity index (χ4n) is 1.14. The average molecular weight is 268 g/mol. The highest BCUT2D eigenvalue weighted by molar-refractivity contribution is 7.16. The fourth-order valence-corrected chi connectivity index (χ4v) is 1.85. The molecule has 0 radical (unpaired) electrons. The van der Waals surface area contributed by atoms with Crippen molar-refractivity contribution in [3.63, 3.8) is 0 Å². The third kappa shape index (κ3) is 4.84. The summed E-state index contributed by atoms with van der Waals surface area (Å²) in [6, 6.07) is 0. The second kappa shape index (κ2) is 6.50. The first-order valence-corrected chi connectivity index (χ1v) is 6.19. The minimum atomic E-state index is -0.499. The molecule has 0 saturated carbocycles. The summed E-state index contributed by atoms with van der Waals surface area (Å²) in [5, 5.41) is 11.7. The average Bonchev–Trinajstić information content (AvgIpc) is 2.73. The van der Waals surface area contributed by atoms with E-state index in [0.717, 1.165) is 0 Å². The highest BCUT2D eigenvalue weighted by Crippen LogP contribution is 2.19. The topological polar surface area (TPSA) is 71.5 Å². The number of carbonyl (C=O) groups excluding carboxylic acids is 1. The summed E-state index contributed by atoms with van der Waals surface area (Å²) in [5.74, 6) is 5.09.